The molecule has 3 N–H and O–H groups in total. The second-order valence-corrected chi connectivity index (χ2v) is 40.2. The predicted octanol–water partition coefficient (Wildman–Crippen LogP) is 28.6. The van der Waals surface area contributed by atoms with Gasteiger partial charge in [0, 0.05) is 88.6 Å². The SMILES string of the molecule is CC1(C)c2ccccc2-c2cc3[nH]c4ccccc4c3cc21.CC1(C)c2ccccc2-c2cc3c(cc21)c1ccccc1n3-c1nc(-c2ccccc2)nc(-c2ccccc2)n1.CC1(C)c2ccccc2-c2ccc(-c3ccccc3[N+](=O)[O-])cc21.CC1(C)c2ccccc2-c2ccc(B(O)O)cc21.CCOP(OCC)OCC.Clc1nc(-c2ccccc2)nc(-c2ccccc2)n1.O=[N+]([O-])c1ccccc1Br.[CH2-]CCC.[Li+]. The number of halogens is 2. The monoisotopic (exact) mass is 2050 g/mol. The molecule has 0 saturated carbocycles. The third kappa shape index (κ3) is 22.3. The van der Waals surface area contributed by atoms with Crippen LogP contribution in [0.2, 0.25) is 5.28 Å². The number of hydrogen-bond acceptors (Lipinski definition) is 15. The number of H-pyrrole nitrogens is 1. The fourth-order valence-corrected chi connectivity index (χ4v) is 21.2. The Morgan fingerprint density at radius 2 is 0.709 bits per heavy atom. The van der Waals surface area contributed by atoms with Crippen molar-refractivity contribution < 1.29 is 52.3 Å². The summed E-state index contributed by atoms with van der Waals surface area (Å²) in [5.41, 5.74) is 31.3. The normalized spacial score (nSPS) is 12.9. The van der Waals surface area contributed by atoms with Crippen LogP contribution in [0.1, 0.15) is 140 Å². The molecule has 4 aliphatic rings. The van der Waals surface area contributed by atoms with Crippen molar-refractivity contribution in [3.8, 4) is 107 Å². The van der Waals surface area contributed by atoms with Gasteiger partial charge in [0.25, 0.3) is 11.4 Å². The van der Waals surface area contributed by atoms with Crippen molar-refractivity contribution in [3.05, 3.63) is 458 Å². The third-order valence-electron chi connectivity index (χ3n) is 27.2. The zero-order chi connectivity index (χ0) is 103. The summed E-state index contributed by atoms with van der Waals surface area (Å²) >= 11 is 9.04. The average Bonchev–Trinajstić information content (AvgIpc) is 1.58. The fourth-order valence-electron chi connectivity index (χ4n) is 19.8. The van der Waals surface area contributed by atoms with Crippen LogP contribution in [0.3, 0.4) is 0 Å². The van der Waals surface area contributed by atoms with Gasteiger partial charge in [0.2, 0.25) is 11.2 Å². The summed E-state index contributed by atoms with van der Waals surface area (Å²) in [4.78, 5) is 52.2. The first-order valence-corrected chi connectivity index (χ1v) is 51.5. The topological polar surface area (TPSA) is 252 Å². The number of unbranched alkanes of at least 4 members (excludes halogenated alkanes) is 1. The van der Waals surface area contributed by atoms with E-state index in [9.17, 15) is 30.3 Å². The van der Waals surface area contributed by atoms with Crippen LogP contribution in [-0.2, 0) is 35.2 Å². The van der Waals surface area contributed by atoms with Crippen molar-refractivity contribution in [1.29, 1.82) is 0 Å². The molecule has 20 aromatic rings. The maximum Gasteiger partial charge on any atom is 1.00 e. The Morgan fingerprint density at radius 1 is 0.358 bits per heavy atom. The summed E-state index contributed by atoms with van der Waals surface area (Å²) in [5, 5.41) is 45.4. The van der Waals surface area contributed by atoms with Crippen LogP contribution < -0.4 is 24.3 Å². The molecule has 0 spiro atoms. The van der Waals surface area contributed by atoms with E-state index in [0.29, 0.717) is 64.6 Å². The van der Waals surface area contributed by atoms with Crippen LogP contribution in [-0.4, -0.2) is 86.3 Å². The molecule has 0 unspecified atom stereocenters. The minimum Gasteiger partial charge on any atom is -0.423 e. The molecule has 148 heavy (non-hydrogen) atoms. The number of nitro groups is 2. The Labute approximate surface area is 890 Å². The largest absolute Gasteiger partial charge is 1.00 e. The number of aromatic nitrogens is 8. The summed E-state index contributed by atoms with van der Waals surface area (Å²) in [6.07, 6.45) is 2.28. The van der Waals surface area contributed by atoms with E-state index in [0.717, 1.165) is 50.8 Å². The van der Waals surface area contributed by atoms with Gasteiger partial charge >= 0.3 is 34.6 Å². The molecule has 4 aromatic heterocycles. The molecule has 16 aromatic carbocycles. The van der Waals surface area contributed by atoms with Crippen molar-refractivity contribution in [2.75, 3.05) is 19.8 Å². The van der Waals surface area contributed by atoms with Crippen LogP contribution in [0.4, 0.5) is 11.4 Å². The summed E-state index contributed by atoms with van der Waals surface area (Å²) in [7, 11) is -2.47. The van der Waals surface area contributed by atoms with E-state index in [1.807, 2.05) is 185 Å². The predicted molar refractivity (Wildman–Crippen MR) is 604 cm³/mol. The molecule has 0 saturated heterocycles. The molecule has 0 radical (unpaired) electrons. The minimum atomic E-state index is -1.41. The molecule has 24 rings (SSSR count). The fraction of sp³-hybridized carbons (Fsp3) is 0.169. The van der Waals surface area contributed by atoms with E-state index < -0.39 is 20.6 Å². The number of rotatable bonds is 16. The number of nitrogens with zero attached hydrogens (tertiary/aromatic N) is 9. The van der Waals surface area contributed by atoms with Crippen molar-refractivity contribution in [1.82, 2.24) is 39.5 Å². The number of para-hydroxylation sites is 4. The zero-order valence-electron chi connectivity index (χ0n) is 85.1. The smallest absolute Gasteiger partial charge is 0.423 e. The van der Waals surface area contributed by atoms with Crippen LogP contribution in [0.5, 0.6) is 0 Å². The van der Waals surface area contributed by atoms with Gasteiger partial charge in [0.1, 0.15) is 0 Å². The van der Waals surface area contributed by atoms with Crippen LogP contribution >= 0.6 is 36.1 Å². The molecule has 0 aliphatic heterocycles. The van der Waals surface area contributed by atoms with Crippen LogP contribution in [0.25, 0.3) is 151 Å². The quantitative estimate of drug-likeness (QED) is 0.0267. The van der Waals surface area contributed by atoms with Gasteiger partial charge in [-0.3, -0.25) is 24.8 Å². The van der Waals surface area contributed by atoms with Crippen LogP contribution in [0, 0.1) is 27.2 Å². The molecule has 4 aliphatic carbocycles. The van der Waals surface area contributed by atoms with Gasteiger partial charge in [-0.05, 0) is 203 Å². The standard InChI is InChI=1S/C36H26N4.C21H17NO2.C21H17N.C15H15BO2.C15H10ClN3.C6H4BrNO2.C6H15O3P.C4H9.Li/c1-36(2)29-19-11-9-17-25(29)27-22-32-28(21-30(27)36)26-18-10-12-20-31(26)40(32)35-38-33(23-13-5-3-6-14-23)37-34(39-35)24-15-7-4-8-16-24;1-21(2)18-9-5-3-8-16(18)17-12-11-14(13-19(17)21)15-7-4-6-10-20(15)22(23)24;1-21(2)17-9-5-3-7-13(17)15-12-20-16(11-18(15)21)14-8-4-6-10-19(14)22-20;1-15(2)13-6-4-3-5-11(13)12-8-7-10(16(17)18)9-14(12)15;16-15-18-13(11-7-3-1-4-8-11)17-14(19-15)12-9-5-2-6-10-12;7-5-3-1-2-4-6(5)8(9)10;1-4-7-10(8-5-2)9-6-3;1-3-4-2;/h3-22H,1-2H3;3-13H,1-2H3;3-12,22H,1-2H3;3-9,17-18H,1-2H3;1-10H;1-4H;4-6H2,1-3H3;1,3-4H2,2H3;/q;;;;;;;-1;+1. The van der Waals surface area contributed by atoms with E-state index in [2.05, 4.69) is 280 Å². The van der Waals surface area contributed by atoms with E-state index in [1.165, 1.54) is 129 Å². The van der Waals surface area contributed by atoms with E-state index in [1.54, 1.807) is 36.4 Å². The van der Waals surface area contributed by atoms with Gasteiger partial charge in [-0.1, -0.05) is 378 Å². The first kappa shape index (κ1) is 106. The van der Waals surface area contributed by atoms with Gasteiger partial charge in [0.05, 0.1) is 50.7 Å². The Balaban J connectivity index is 0.000000128. The second kappa shape index (κ2) is 46.8. The van der Waals surface area contributed by atoms with E-state index >= 15 is 0 Å². The number of hydrogen-bond donors (Lipinski definition) is 3. The maximum atomic E-state index is 11.3. The van der Waals surface area contributed by atoms with Crippen molar-refractivity contribution in [2.45, 2.75) is 118 Å². The van der Waals surface area contributed by atoms with Gasteiger partial charge in [-0.25, -0.2) is 9.97 Å². The number of nitro benzene ring substituents is 2. The summed E-state index contributed by atoms with van der Waals surface area (Å²) in [6, 6.07) is 126. The zero-order valence-corrected chi connectivity index (χ0v) is 88.3. The summed E-state index contributed by atoms with van der Waals surface area (Å²) in [6.45, 7) is 31.5. The minimum absolute atomic E-state index is 0. The molecule has 736 valence electrons. The van der Waals surface area contributed by atoms with Crippen molar-refractivity contribution in [3.63, 3.8) is 0 Å². The summed E-state index contributed by atoms with van der Waals surface area (Å²) in [5.74, 6) is 3.09. The van der Waals surface area contributed by atoms with Crippen LogP contribution in [0.15, 0.2) is 381 Å². The molecule has 4 heterocycles. The molecule has 0 amide bonds. The molecule has 0 bridgehead atoms. The van der Waals surface area contributed by atoms with E-state index in [-0.39, 0.29) is 62.1 Å². The first-order chi connectivity index (χ1) is 71.1. The Morgan fingerprint density at radius 3 is 1.14 bits per heavy atom. The van der Waals surface area contributed by atoms with Gasteiger partial charge in [0.15, 0.2) is 23.3 Å². The molecule has 24 heteroatoms. The summed E-state index contributed by atoms with van der Waals surface area (Å²) < 4.78 is 18.2. The number of aromatic amines is 1. The van der Waals surface area contributed by atoms with Crippen molar-refractivity contribution in [2.24, 2.45) is 0 Å². The molecule has 19 nitrogen and oxygen atoms in total. The van der Waals surface area contributed by atoms with Gasteiger partial charge < -0.3 is 35.5 Å². The van der Waals surface area contributed by atoms with Gasteiger partial charge in [-0.2, -0.15) is 26.4 Å². The Kier molecular flexibility index (Phi) is 33.6. The first-order valence-electron chi connectivity index (χ1n) is 49.3. The van der Waals surface area contributed by atoms with Crippen molar-refractivity contribution >= 4 is 104 Å². The maximum absolute atomic E-state index is 11.3. The molecular weight excluding hydrogens is 1940 g/mol. The number of benzene rings is 16. The number of nitrogens with one attached hydrogen (secondary N) is 1. The molecule has 0 fully saturated rings. The average molecular weight is 2050 g/mol. The Hall–Kier alpha value is -14.4. The molecule has 0 atom stereocenters. The number of fused-ring (bicyclic) bond motifs is 18. The van der Waals surface area contributed by atoms with Gasteiger partial charge in [-0.15, -0.1) is 0 Å². The third-order valence-corrected chi connectivity index (χ3v) is 29.4. The van der Waals surface area contributed by atoms with E-state index in [4.69, 9.17) is 40.1 Å². The molecular formula is C124H113BBrClLiN10O9P. The Bertz CT molecular complexity index is 8050. The second-order valence-electron chi connectivity index (χ2n) is 37.8.